The number of anilines is 1. The monoisotopic (exact) mass is 1320 g/mol. The first-order chi connectivity index (χ1) is 43.4. The Morgan fingerprint density at radius 1 is 0.645 bits per heavy atom. The highest BCUT2D eigenvalue weighted by molar-refractivity contribution is 6.61. The number of aliphatic hydroxyl groups excluding tert-OH is 1. The summed E-state index contributed by atoms with van der Waals surface area (Å²) < 4.78 is 24.9. The van der Waals surface area contributed by atoms with Gasteiger partial charge in [0, 0.05) is 85.0 Å². The number of Topliss-reactive ketones (excluding diaryl/α,β-unsaturated/α-hetero) is 2. The van der Waals surface area contributed by atoms with Crippen LogP contribution < -0.4 is 52.8 Å². The van der Waals surface area contributed by atoms with E-state index < -0.39 is 86.7 Å². The van der Waals surface area contributed by atoms with Crippen molar-refractivity contribution in [2.75, 3.05) is 25.0 Å². The van der Waals surface area contributed by atoms with Crippen molar-refractivity contribution >= 4 is 87.9 Å². The quantitative estimate of drug-likeness (QED) is 0.00423. The first kappa shape index (κ1) is 81.0. The second-order valence-corrected chi connectivity index (χ2v) is 23.2. The Hall–Kier alpha value is -9.97. The molecular formula is C62H85ClN10O20. The summed E-state index contributed by atoms with van der Waals surface area (Å²) in [5, 5.41) is 45.7. The largest absolute Gasteiger partial charge is 0.514 e. The van der Waals surface area contributed by atoms with Crippen LogP contribution in [0, 0.1) is 43.9 Å². The van der Waals surface area contributed by atoms with Crippen molar-refractivity contribution in [3.8, 4) is 11.5 Å². The fraction of sp³-hybridized carbons (Fsp3) is 0.452. The first-order valence-electron chi connectivity index (χ1n) is 29.1. The summed E-state index contributed by atoms with van der Waals surface area (Å²) in [5.74, 6) is -3.30. The molecule has 11 N–H and O–H groups in total. The van der Waals surface area contributed by atoms with Gasteiger partial charge in [-0.2, -0.15) is 0 Å². The van der Waals surface area contributed by atoms with E-state index in [1.54, 1.807) is 93.5 Å². The maximum atomic E-state index is 13.3. The molecule has 0 spiro atoms. The number of nitrogens with zero attached hydrogens (tertiary/aromatic N) is 2. The van der Waals surface area contributed by atoms with E-state index in [1.807, 2.05) is 0 Å². The summed E-state index contributed by atoms with van der Waals surface area (Å²) in [6, 6.07) is 13.5. The number of ether oxygens (including phenoxy) is 5. The molecule has 0 bridgehead atoms. The van der Waals surface area contributed by atoms with E-state index in [1.165, 1.54) is 72.8 Å². The Labute approximate surface area is 543 Å². The van der Waals surface area contributed by atoms with Crippen molar-refractivity contribution in [1.29, 1.82) is 0 Å². The number of non-ortho nitro benzene ring substituents is 2. The summed E-state index contributed by atoms with van der Waals surface area (Å²) in [6.07, 6.45) is 4.36. The number of nitro benzene ring substituents is 2. The first-order valence-corrected chi connectivity index (χ1v) is 29.4. The molecule has 30 nitrogen and oxygen atoms in total. The van der Waals surface area contributed by atoms with Crippen LogP contribution >= 0.6 is 11.6 Å². The van der Waals surface area contributed by atoms with Gasteiger partial charge in [-0.1, -0.05) is 52.5 Å². The second kappa shape index (κ2) is 41.4. The minimum atomic E-state index is -1.03. The minimum Gasteiger partial charge on any atom is -0.444 e. The normalized spacial score (nSPS) is 12.4. The van der Waals surface area contributed by atoms with Crippen molar-refractivity contribution < 1.29 is 86.6 Å². The minimum absolute atomic E-state index is 0.0647. The molecule has 0 saturated heterocycles. The average molecular weight is 1330 g/mol. The van der Waals surface area contributed by atoms with Crippen LogP contribution in [0.4, 0.5) is 45.8 Å². The van der Waals surface area contributed by atoms with Gasteiger partial charge in [-0.3, -0.25) is 39.4 Å². The molecule has 0 fully saturated rings. The summed E-state index contributed by atoms with van der Waals surface area (Å²) in [6.45, 7) is 21.2. The Morgan fingerprint density at radius 3 is 1.43 bits per heavy atom. The van der Waals surface area contributed by atoms with E-state index in [0.717, 1.165) is 0 Å². The van der Waals surface area contributed by atoms with Crippen molar-refractivity contribution in [3.05, 3.63) is 135 Å². The fourth-order valence-corrected chi connectivity index (χ4v) is 7.88. The molecule has 93 heavy (non-hydrogen) atoms. The molecule has 0 unspecified atom stereocenters. The van der Waals surface area contributed by atoms with Gasteiger partial charge in [0.2, 0.25) is 11.8 Å². The van der Waals surface area contributed by atoms with Gasteiger partial charge in [-0.25, -0.2) is 28.8 Å². The van der Waals surface area contributed by atoms with Crippen molar-refractivity contribution in [1.82, 2.24) is 26.6 Å². The number of ketones is 2. The van der Waals surface area contributed by atoms with E-state index in [9.17, 15) is 73.3 Å². The highest BCUT2D eigenvalue weighted by Gasteiger charge is 2.33. The molecule has 0 aliphatic heterocycles. The number of benzene rings is 3. The second-order valence-electron chi connectivity index (χ2n) is 22.9. The maximum absolute atomic E-state index is 13.3. The average Bonchev–Trinajstić information content (AvgIpc) is 1.42. The van der Waals surface area contributed by atoms with Gasteiger partial charge in [0.05, 0.1) is 28.5 Å². The summed E-state index contributed by atoms with van der Waals surface area (Å²) in [4.78, 5) is 141. The summed E-state index contributed by atoms with van der Waals surface area (Å²) in [7, 11) is 0. The Bertz CT molecular complexity index is 3070. The van der Waals surface area contributed by atoms with Crippen molar-refractivity contribution in [2.45, 2.75) is 138 Å². The van der Waals surface area contributed by atoms with Crippen LogP contribution in [0.25, 0.3) is 0 Å². The lowest BCUT2D eigenvalue weighted by Crippen LogP contribution is -2.47. The van der Waals surface area contributed by atoms with Gasteiger partial charge in [-0.15, -0.1) is 0 Å². The summed E-state index contributed by atoms with van der Waals surface area (Å²) >= 11 is 4.92. The molecule has 0 aliphatic rings. The topological polar surface area (TPSA) is 448 Å². The van der Waals surface area contributed by atoms with Gasteiger partial charge in [0.25, 0.3) is 11.4 Å². The number of rotatable bonds is 31. The Kier molecular flexibility index (Phi) is 36.1. The summed E-state index contributed by atoms with van der Waals surface area (Å²) in [5.41, 5.74) is 9.03. The SMILES string of the molecule is C=C/C(=C\C=C\COC(=O)Oc1ccc([N+](=O)[O-])cc1)NC(=O)[C@H](CCCNC(N)=O)CC(=O)[C@@H](NC(=O)OC(C)(C)C)C(C)C.CC(C)[C@H](NC(=O)OC(C)(C)C)C(=O)C[C@@H](CCCNC(N)=O)C(=O)Nc1ccc(CO)cc1.O=C(Cl)Oc1ccc([N+](=O)[O-])cc1. The highest BCUT2D eigenvalue weighted by Crippen LogP contribution is 2.23. The highest BCUT2D eigenvalue weighted by atomic mass is 35.5. The zero-order valence-electron chi connectivity index (χ0n) is 53.6. The van der Waals surface area contributed by atoms with Crippen molar-refractivity contribution in [2.24, 2.45) is 35.1 Å². The Balaban J connectivity index is 0.000000799. The van der Waals surface area contributed by atoms with Crippen LogP contribution in [-0.2, 0) is 40.0 Å². The van der Waals surface area contributed by atoms with Gasteiger partial charge in [0.1, 0.15) is 29.3 Å². The number of hydrogen-bond donors (Lipinski definition) is 9. The molecular weight excluding hydrogens is 1240 g/mol. The third-order valence-corrected chi connectivity index (χ3v) is 12.2. The number of urea groups is 2. The number of hydrogen-bond acceptors (Lipinski definition) is 20. The molecule has 0 saturated carbocycles. The number of halogens is 1. The molecule has 0 radical (unpaired) electrons. The number of alkyl carbamates (subject to hydrolysis) is 2. The number of aliphatic hydroxyl groups is 1. The van der Waals surface area contributed by atoms with Crippen LogP contribution in [0.15, 0.2) is 109 Å². The third kappa shape index (κ3) is 36.5. The number of carbonyl (C=O) groups excluding carboxylic acids is 10. The molecule has 0 aliphatic carbocycles. The van der Waals surface area contributed by atoms with E-state index in [-0.39, 0.29) is 103 Å². The zero-order chi connectivity index (χ0) is 70.6. The van der Waals surface area contributed by atoms with Crippen LogP contribution in [0.5, 0.6) is 11.5 Å². The van der Waals surface area contributed by atoms with Gasteiger partial charge in [-0.05, 0) is 139 Å². The van der Waals surface area contributed by atoms with Crippen LogP contribution in [0.3, 0.4) is 0 Å². The third-order valence-electron chi connectivity index (χ3n) is 12.2. The molecule has 3 aromatic rings. The van der Waals surface area contributed by atoms with E-state index >= 15 is 0 Å². The molecule has 3 aromatic carbocycles. The standard InChI is InChI=1S/C31H43N5O10.C24H38N4O6.C7H4ClNO4/c1-7-22(12-8-9-18-44-30(41)45-24-15-13-23(14-16-24)36(42)43)34-27(38)21(11-10-17-33-28(32)39)19-25(37)26(20(2)3)35-29(40)46-31(4,5)6;1-15(2)20(28-23(33)34-24(3,4)5)19(30)13-17(7-6-12-26-22(25)32)21(31)27-18-10-8-16(14-29)9-11-18;8-7(10)13-6-3-1-5(2-4-6)9(11)12/h7-9,12-16,20-21,26H,1,10-11,17-19H2,2-6H3,(H,34,38)(H,35,40)(H3,32,33,39);8-11,15,17,20,29H,6-7,12-14H2,1-5H3,(H,27,31)(H,28,33)(H3,25,26,32);1-4H/b9-8+,22-12+;;/t21-,26+;17-,20+;/m11./s1. The van der Waals surface area contributed by atoms with Crippen molar-refractivity contribution in [3.63, 3.8) is 0 Å². The molecule has 0 aromatic heterocycles. The Morgan fingerprint density at radius 2 is 1.06 bits per heavy atom. The number of nitrogens with one attached hydrogen (secondary N) is 6. The number of amides is 8. The molecule has 8 amide bonds. The molecule has 0 heterocycles. The van der Waals surface area contributed by atoms with Crippen LogP contribution in [0.1, 0.15) is 113 Å². The van der Waals surface area contributed by atoms with E-state index in [2.05, 4.69) is 43.2 Å². The smallest absolute Gasteiger partial charge is 0.444 e. The molecule has 31 heteroatoms. The van der Waals surface area contributed by atoms with Gasteiger partial charge >= 0.3 is 35.8 Å². The van der Waals surface area contributed by atoms with Gasteiger partial charge < -0.3 is 72.2 Å². The van der Waals surface area contributed by atoms with Crippen LogP contribution in [0.2, 0.25) is 0 Å². The molecule has 3 rings (SSSR count). The van der Waals surface area contributed by atoms with E-state index in [4.69, 9.17) is 42.0 Å². The van der Waals surface area contributed by atoms with Crippen LogP contribution in [-0.4, -0.2) is 117 Å². The lowest BCUT2D eigenvalue weighted by molar-refractivity contribution is -0.385. The van der Waals surface area contributed by atoms with E-state index in [0.29, 0.717) is 30.5 Å². The predicted octanol–water partition coefficient (Wildman–Crippen LogP) is 9.45. The number of primary amides is 2. The number of nitrogens with two attached hydrogens (primary N) is 2. The maximum Gasteiger partial charge on any atom is 0.514 e. The fourth-order valence-electron chi connectivity index (χ4n) is 7.79. The predicted molar refractivity (Wildman–Crippen MR) is 342 cm³/mol. The zero-order valence-corrected chi connectivity index (χ0v) is 54.4. The van der Waals surface area contributed by atoms with Gasteiger partial charge in [0.15, 0.2) is 11.6 Å². The number of carbonyl (C=O) groups is 10. The molecule has 4 atom stereocenters. The lowest BCUT2D eigenvalue weighted by Gasteiger charge is -2.26. The number of nitro groups is 2. The molecule has 510 valence electrons. The number of allylic oxidation sites excluding steroid dienone is 3. The lowest BCUT2D eigenvalue weighted by atomic mass is 9.89.